The summed E-state index contributed by atoms with van der Waals surface area (Å²) in [5.41, 5.74) is 1.96. The van der Waals surface area contributed by atoms with Gasteiger partial charge < -0.3 is 4.74 Å². The van der Waals surface area contributed by atoms with Gasteiger partial charge in [0.25, 0.3) is 0 Å². The van der Waals surface area contributed by atoms with Gasteiger partial charge >= 0.3 is 0 Å². The van der Waals surface area contributed by atoms with Gasteiger partial charge in [0, 0.05) is 5.56 Å². The van der Waals surface area contributed by atoms with Gasteiger partial charge in [-0.15, -0.1) is 6.58 Å². The van der Waals surface area contributed by atoms with Crippen LogP contribution in [0.4, 0.5) is 0 Å². The number of ketones is 1. The van der Waals surface area contributed by atoms with Crippen LogP contribution in [0.1, 0.15) is 22.3 Å². The number of carbonyl (C=O) groups is 1. The standard InChI is InChI=1S/C13H14O2/c1-2-9-15-12-8-7-10-5-3-4-6-11(10)13(12)14/h2-6,12H,1,7-9H2. The van der Waals surface area contributed by atoms with Crippen LogP contribution in [-0.4, -0.2) is 18.5 Å². The third-order valence-corrected chi connectivity index (χ3v) is 2.67. The number of fused-ring (bicyclic) bond motifs is 1. The fraction of sp³-hybridized carbons (Fsp3) is 0.308. The van der Waals surface area contributed by atoms with Crippen LogP contribution in [0.3, 0.4) is 0 Å². The highest BCUT2D eigenvalue weighted by Crippen LogP contribution is 2.22. The van der Waals surface area contributed by atoms with Gasteiger partial charge in [-0.3, -0.25) is 4.79 Å². The first-order valence-corrected chi connectivity index (χ1v) is 5.17. The van der Waals surface area contributed by atoms with E-state index in [1.165, 1.54) is 0 Å². The molecule has 0 N–H and O–H groups in total. The smallest absolute Gasteiger partial charge is 0.191 e. The van der Waals surface area contributed by atoms with E-state index >= 15 is 0 Å². The van der Waals surface area contributed by atoms with Gasteiger partial charge in [0.1, 0.15) is 6.10 Å². The summed E-state index contributed by atoms with van der Waals surface area (Å²) in [5.74, 6) is 0.110. The molecule has 0 radical (unpaired) electrons. The molecule has 2 nitrogen and oxygen atoms in total. The lowest BCUT2D eigenvalue weighted by atomic mass is 9.89. The lowest BCUT2D eigenvalue weighted by Crippen LogP contribution is -2.30. The summed E-state index contributed by atoms with van der Waals surface area (Å²) >= 11 is 0. The molecule has 0 fully saturated rings. The summed E-state index contributed by atoms with van der Waals surface area (Å²) in [6.45, 7) is 4.02. The Morgan fingerprint density at radius 2 is 2.27 bits per heavy atom. The van der Waals surface area contributed by atoms with Crippen LogP contribution < -0.4 is 0 Å². The summed E-state index contributed by atoms with van der Waals surface area (Å²) in [6, 6.07) is 7.75. The van der Waals surface area contributed by atoms with Crippen LogP contribution >= 0.6 is 0 Å². The topological polar surface area (TPSA) is 26.3 Å². The van der Waals surface area contributed by atoms with E-state index in [9.17, 15) is 4.79 Å². The number of aryl methyl sites for hydroxylation is 1. The van der Waals surface area contributed by atoms with Crippen LogP contribution in [0.25, 0.3) is 0 Å². The number of hydrogen-bond donors (Lipinski definition) is 0. The van der Waals surface area contributed by atoms with E-state index in [2.05, 4.69) is 6.58 Å². The van der Waals surface area contributed by atoms with Crippen molar-refractivity contribution >= 4 is 5.78 Å². The lowest BCUT2D eigenvalue weighted by molar-refractivity contribution is 0.0455. The second-order valence-corrected chi connectivity index (χ2v) is 3.67. The maximum absolute atomic E-state index is 12.0. The summed E-state index contributed by atoms with van der Waals surface area (Å²) in [5, 5.41) is 0. The molecule has 78 valence electrons. The largest absolute Gasteiger partial charge is 0.366 e. The van der Waals surface area contributed by atoms with Crippen molar-refractivity contribution in [2.75, 3.05) is 6.61 Å². The van der Waals surface area contributed by atoms with Gasteiger partial charge in [-0.1, -0.05) is 30.3 Å². The first-order chi connectivity index (χ1) is 7.33. The Morgan fingerprint density at radius 3 is 3.07 bits per heavy atom. The second-order valence-electron chi connectivity index (χ2n) is 3.67. The van der Waals surface area contributed by atoms with Gasteiger partial charge in [0.05, 0.1) is 6.61 Å². The molecule has 0 spiro atoms. The van der Waals surface area contributed by atoms with Gasteiger partial charge in [-0.2, -0.15) is 0 Å². The van der Waals surface area contributed by atoms with Crippen LogP contribution in [0.15, 0.2) is 36.9 Å². The van der Waals surface area contributed by atoms with Crippen LogP contribution in [0.2, 0.25) is 0 Å². The van der Waals surface area contributed by atoms with Gasteiger partial charge in [0.2, 0.25) is 0 Å². The van der Waals surface area contributed by atoms with E-state index < -0.39 is 0 Å². The zero-order chi connectivity index (χ0) is 10.7. The van der Waals surface area contributed by atoms with Gasteiger partial charge in [0.15, 0.2) is 5.78 Å². The normalized spacial score (nSPS) is 19.7. The number of hydrogen-bond acceptors (Lipinski definition) is 2. The molecule has 1 aliphatic carbocycles. The number of carbonyl (C=O) groups excluding carboxylic acids is 1. The molecule has 1 atom stereocenters. The maximum Gasteiger partial charge on any atom is 0.191 e. The lowest BCUT2D eigenvalue weighted by Gasteiger charge is -2.22. The third-order valence-electron chi connectivity index (χ3n) is 2.67. The highest BCUT2D eigenvalue weighted by Gasteiger charge is 2.26. The summed E-state index contributed by atoms with van der Waals surface area (Å²) < 4.78 is 5.43. The molecule has 2 rings (SSSR count). The monoisotopic (exact) mass is 202 g/mol. The van der Waals surface area contributed by atoms with Gasteiger partial charge in [-0.25, -0.2) is 0 Å². The quantitative estimate of drug-likeness (QED) is 0.703. The van der Waals surface area contributed by atoms with E-state index in [1.807, 2.05) is 24.3 Å². The first kappa shape index (κ1) is 10.1. The Balaban J connectivity index is 2.18. The minimum absolute atomic E-state index is 0.110. The average molecular weight is 202 g/mol. The molecule has 0 saturated carbocycles. The van der Waals surface area contributed by atoms with Crippen LogP contribution in [0.5, 0.6) is 0 Å². The molecule has 0 aromatic heterocycles. The summed E-state index contributed by atoms with van der Waals surface area (Å²) in [7, 11) is 0. The number of benzene rings is 1. The predicted molar refractivity (Wildman–Crippen MR) is 59.0 cm³/mol. The van der Waals surface area contributed by atoms with Crippen molar-refractivity contribution in [1.29, 1.82) is 0 Å². The van der Waals surface area contributed by atoms with E-state index in [1.54, 1.807) is 6.08 Å². The minimum Gasteiger partial charge on any atom is -0.366 e. The molecule has 0 bridgehead atoms. The summed E-state index contributed by atoms with van der Waals surface area (Å²) in [6.07, 6.45) is 3.10. The second kappa shape index (κ2) is 4.41. The number of ether oxygens (including phenoxy) is 1. The van der Waals surface area contributed by atoms with Crippen molar-refractivity contribution < 1.29 is 9.53 Å². The van der Waals surface area contributed by atoms with E-state index in [4.69, 9.17) is 4.74 Å². The molecule has 1 aromatic carbocycles. The minimum atomic E-state index is -0.280. The van der Waals surface area contributed by atoms with Crippen LogP contribution in [0, 0.1) is 0 Å². The Bertz CT molecular complexity index is 382. The predicted octanol–water partition coefficient (Wildman–Crippen LogP) is 2.39. The average Bonchev–Trinajstić information content (AvgIpc) is 2.29. The number of rotatable bonds is 3. The Kier molecular flexibility index (Phi) is 2.97. The van der Waals surface area contributed by atoms with Crippen molar-refractivity contribution in [2.45, 2.75) is 18.9 Å². The Hall–Kier alpha value is -1.41. The molecule has 0 aliphatic heterocycles. The molecule has 15 heavy (non-hydrogen) atoms. The molecule has 0 saturated heterocycles. The van der Waals surface area contributed by atoms with E-state index in [-0.39, 0.29) is 11.9 Å². The van der Waals surface area contributed by atoms with Gasteiger partial charge in [-0.05, 0) is 18.4 Å². The van der Waals surface area contributed by atoms with Crippen LogP contribution in [-0.2, 0) is 11.2 Å². The first-order valence-electron chi connectivity index (χ1n) is 5.17. The zero-order valence-corrected chi connectivity index (χ0v) is 8.61. The highest BCUT2D eigenvalue weighted by molar-refractivity contribution is 6.01. The van der Waals surface area contributed by atoms with E-state index in [0.717, 1.165) is 24.0 Å². The number of Topliss-reactive ketones (excluding diaryl/α,β-unsaturated/α-hetero) is 1. The highest BCUT2D eigenvalue weighted by atomic mass is 16.5. The van der Waals surface area contributed by atoms with Crippen molar-refractivity contribution in [3.8, 4) is 0 Å². The zero-order valence-electron chi connectivity index (χ0n) is 8.61. The van der Waals surface area contributed by atoms with E-state index in [0.29, 0.717) is 6.61 Å². The molecule has 1 aromatic rings. The SMILES string of the molecule is C=CCOC1CCc2ccccc2C1=O. The molecule has 2 heteroatoms. The third kappa shape index (κ3) is 2.00. The molecule has 0 heterocycles. The molecule has 1 aliphatic rings. The molecular formula is C13H14O2. The van der Waals surface area contributed by atoms with Crippen molar-refractivity contribution in [1.82, 2.24) is 0 Å². The Labute approximate surface area is 89.6 Å². The fourth-order valence-corrected chi connectivity index (χ4v) is 1.91. The van der Waals surface area contributed by atoms with Crippen molar-refractivity contribution in [3.63, 3.8) is 0 Å². The molecule has 1 unspecified atom stereocenters. The molecule has 0 amide bonds. The molecular weight excluding hydrogens is 188 g/mol. The van der Waals surface area contributed by atoms with Crippen molar-refractivity contribution in [3.05, 3.63) is 48.0 Å². The van der Waals surface area contributed by atoms with Crippen molar-refractivity contribution in [2.24, 2.45) is 0 Å². The summed E-state index contributed by atoms with van der Waals surface area (Å²) in [4.78, 5) is 12.0. The fourth-order valence-electron chi connectivity index (χ4n) is 1.91. The maximum atomic E-state index is 12.0. The Morgan fingerprint density at radius 1 is 1.47 bits per heavy atom.